The molecule has 0 atom stereocenters. The summed E-state index contributed by atoms with van der Waals surface area (Å²) in [5.41, 5.74) is 6.61. The normalized spacial score (nSPS) is 14.9. The van der Waals surface area contributed by atoms with Gasteiger partial charge < -0.3 is 10.2 Å². The third-order valence-electron chi connectivity index (χ3n) is 6.36. The summed E-state index contributed by atoms with van der Waals surface area (Å²) in [5.74, 6) is 0.206. The maximum Gasteiger partial charge on any atom is 0.391 e. The monoisotopic (exact) mass is 529 g/mol. The van der Waals surface area contributed by atoms with Gasteiger partial charge in [-0.25, -0.2) is 4.68 Å². The number of nitrogens with zero attached hydrogens (tertiary/aromatic N) is 5. The van der Waals surface area contributed by atoms with Gasteiger partial charge in [-0.2, -0.15) is 23.3 Å². The number of anilines is 2. The summed E-state index contributed by atoms with van der Waals surface area (Å²) < 4.78 is 40.6. The van der Waals surface area contributed by atoms with E-state index in [2.05, 4.69) is 45.8 Å². The Morgan fingerprint density at radius 3 is 2.43 bits per heavy atom. The third-order valence-corrected chi connectivity index (χ3v) is 6.55. The van der Waals surface area contributed by atoms with Crippen molar-refractivity contribution in [1.82, 2.24) is 20.2 Å². The molecule has 1 aliphatic rings. The molecule has 0 saturated carbocycles. The van der Waals surface area contributed by atoms with E-state index in [1.807, 2.05) is 47.4 Å². The first-order chi connectivity index (χ1) is 17.6. The highest BCUT2D eigenvalue weighted by Gasteiger charge is 2.41. The summed E-state index contributed by atoms with van der Waals surface area (Å²) in [7, 11) is 1.75. The molecule has 2 heterocycles. The molecule has 1 saturated heterocycles. The Bertz CT molecular complexity index is 1240. The van der Waals surface area contributed by atoms with E-state index in [1.54, 1.807) is 17.9 Å². The van der Waals surface area contributed by atoms with Gasteiger partial charge in [0.25, 0.3) is 0 Å². The van der Waals surface area contributed by atoms with Crippen LogP contribution < -0.4 is 15.6 Å². The predicted molar refractivity (Wildman–Crippen MR) is 145 cm³/mol. The maximum atomic E-state index is 13.0. The molecule has 11 heteroatoms. The second kappa shape index (κ2) is 11.3. The minimum Gasteiger partial charge on any atom is -0.341 e. The Kier molecular flexibility index (Phi) is 8.11. The molecule has 3 aromatic rings. The van der Waals surface area contributed by atoms with Gasteiger partial charge in [-0.3, -0.25) is 5.43 Å². The van der Waals surface area contributed by atoms with E-state index in [0.717, 1.165) is 16.8 Å². The number of para-hydroxylation sites is 1. The standard InChI is InChI=1S/C26H30F3N7S/c1-17(2)21-6-4-5-7-22(21)31-24(37)33-30-16-18-8-10-19(11-9-18)23-32-25(35(3)34-23)36-14-12-20(13-15-36)26(27,28)29/h4-11,16-17,20H,12-15H2,1-3H3,(H2,31,33,37). The number of hydrazone groups is 1. The fraction of sp³-hybridized carbons (Fsp3) is 0.385. The molecule has 1 aromatic heterocycles. The number of piperidine rings is 1. The lowest BCUT2D eigenvalue weighted by molar-refractivity contribution is -0.179. The average molecular weight is 530 g/mol. The first-order valence-electron chi connectivity index (χ1n) is 12.1. The number of aromatic nitrogens is 3. The molecule has 1 fully saturated rings. The van der Waals surface area contributed by atoms with Gasteiger partial charge in [0.05, 0.1) is 12.1 Å². The van der Waals surface area contributed by atoms with Gasteiger partial charge >= 0.3 is 6.18 Å². The van der Waals surface area contributed by atoms with Crippen LogP contribution in [0.1, 0.15) is 43.7 Å². The summed E-state index contributed by atoms with van der Waals surface area (Å²) in [4.78, 5) is 6.45. The van der Waals surface area contributed by atoms with Crippen molar-refractivity contribution in [2.45, 2.75) is 38.8 Å². The van der Waals surface area contributed by atoms with Gasteiger partial charge in [0.15, 0.2) is 10.9 Å². The molecular formula is C26H30F3N7S. The molecule has 1 aliphatic heterocycles. The lowest BCUT2D eigenvalue weighted by atomic mass is 9.96. The number of hydrogen-bond donors (Lipinski definition) is 2. The van der Waals surface area contributed by atoms with Crippen LogP contribution in [0.2, 0.25) is 0 Å². The summed E-state index contributed by atoms with van der Waals surface area (Å²) in [6.07, 6.45) is -2.35. The van der Waals surface area contributed by atoms with Crippen LogP contribution in [-0.2, 0) is 7.05 Å². The topological polar surface area (TPSA) is 70.4 Å². The van der Waals surface area contributed by atoms with Crippen molar-refractivity contribution in [3.8, 4) is 11.4 Å². The second-order valence-corrected chi connectivity index (χ2v) is 9.76. The molecule has 4 rings (SSSR count). The van der Waals surface area contributed by atoms with Crippen LogP contribution >= 0.6 is 12.2 Å². The smallest absolute Gasteiger partial charge is 0.341 e. The van der Waals surface area contributed by atoms with Gasteiger partial charge in [0, 0.05) is 31.4 Å². The van der Waals surface area contributed by atoms with Crippen molar-refractivity contribution in [2.75, 3.05) is 23.3 Å². The zero-order chi connectivity index (χ0) is 26.6. The number of thiocarbonyl (C=S) groups is 1. The maximum absolute atomic E-state index is 13.0. The van der Waals surface area contributed by atoms with Gasteiger partial charge in [0.1, 0.15) is 0 Å². The molecule has 0 radical (unpaired) electrons. The first-order valence-corrected chi connectivity index (χ1v) is 12.5. The largest absolute Gasteiger partial charge is 0.391 e. The SMILES string of the molecule is CC(C)c1ccccc1NC(=S)NN=Cc1ccc(-c2nc(N3CCC(C(F)(F)F)CC3)n(C)n2)cc1. The van der Waals surface area contributed by atoms with Gasteiger partial charge in [0.2, 0.25) is 5.95 Å². The van der Waals surface area contributed by atoms with Crippen LogP contribution in [0.5, 0.6) is 0 Å². The van der Waals surface area contributed by atoms with Crippen LogP contribution in [0.4, 0.5) is 24.8 Å². The summed E-state index contributed by atoms with van der Waals surface area (Å²) in [6.45, 7) is 4.86. The van der Waals surface area contributed by atoms with E-state index in [0.29, 0.717) is 35.9 Å². The Morgan fingerprint density at radius 2 is 1.78 bits per heavy atom. The van der Waals surface area contributed by atoms with E-state index in [1.165, 1.54) is 5.56 Å². The fourth-order valence-corrected chi connectivity index (χ4v) is 4.49. The minimum atomic E-state index is -4.14. The molecule has 0 aliphatic carbocycles. The first kappa shape index (κ1) is 26.6. The molecule has 0 bridgehead atoms. The van der Waals surface area contributed by atoms with E-state index >= 15 is 0 Å². The molecule has 0 spiro atoms. The van der Waals surface area contributed by atoms with Gasteiger partial charge in [-0.05, 0) is 48.2 Å². The lowest BCUT2D eigenvalue weighted by Gasteiger charge is -2.33. The van der Waals surface area contributed by atoms with Crippen LogP contribution in [0.25, 0.3) is 11.4 Å². The van der Waals surface area contributed by atoms with Crippen LogP contribution in [0.15, 0.2) is 53.6 Å². The molecule has 2 N–H and O–H groups in total. The lowest BCUT2D eigenvalue weighted by Crippen LogP contribution is -2.40. The Balaban J connectivity index is 1.34. The van der Waals surface area contributed by atoms with Gasteiger partial charge in [-0.1, -0.05) is 56.3 Å². The quantitative estimate of drug-likeness (QED) is 0.242. The predicted octanol–water partition coefficient (Wildman–Crippen LogP) is 5.70. The Labute approximate surface area is 219 Å². The summed E-state index contributed by atoms with van der Waals surface area (Å²) in [5, 5.41) is 12.3. The van der Waals surface area contributed by atoms with Crippen molar-refractivity contribution in [3.05, 3.63) is 59.7 Å². The molecule has 196 valence electrons. The minimum absolute atomic E-state index is 0.0664. The van der Waals surface area contributed by atoms with E-state index in [-0.39, 0.29) is 12.8 Å². The number of alkyl halides is 3. The van der Waals surface area contributed by atoms with Crippen molar-refractivity contribution in [2.24, 2.45) is 18.1 Å². The number of halogens is 3. The Hall–Kier alpha value is -3.47. The molecule has 37 heavy (non-hydrogen) atoms. The number of hydrogen-bond acceptors (Lipinski definition) is 5. The van der Waals surface area contributed by atoms with E-state index in [4.69, 9.17) is 12.2 Å². The Morgan fingerprint density at radius 1 is 1.11 bits per heavy atom. The molecule has 0 unspecified atom stereocenters. The third kappa shape index (κ3) is 6.65. The highest BCUT2D eigenvalue weighted by atomic mass is 32.1. The highest BCUT2D eigenvalue weighted by molar-refractivity contribution is 7.80. The van der Waals surface area contributed by atoms with Gasteiger partial charge in [-0.15, -0.1) is 5.10 Å². The number of benzene rings is 2. The average Bonchev–Trinajstić information content (AvgIpc) is 3.25. The van der Waals surface area contributed by atoms with Crippen molar-refractivity contribution >= 4 is 35.2 Å². The summed E-state index contributed by atoms with van der Waals surface area (Å²) in [6, 6.07) is 15.5. The second-order valence-electron chi connectivity index (χ2n) is 9.35. The summed E-state index contributed by atoms with van der Waals surface area (Å²) >= 11 is 5.36. The number of rotatable bonds is 6. The fourth-order valence-electron chi connectivity index (χ4n) is 4.33. The number of aryl methyl sites for hydroxylation is 1. The zero-order valence-electron chi connectivity index (χ0n) is 21.0. The highest BCUT2D eigenvalue weighted by Crippen LogP contribution is 2.35. The molecular weight excluding hydrogens is 499 g/mol. The van der Waals surface area contributed by atoms with Crippen molar-refractivity contribution in [1.29, 1.82) is 0 Å². The number of nitrogens with one attached hydrogen (secondary N) is 2. The zero-order valence-corrected chi connectivity index (χ0v) is 21.8. The van der Waals surface area contributed by atoms with Crippen LogP contribution in [-0.4, -0.2) is 45.4 Å². The van der Waals surface area contributed by atoms with Crippen LogP contribution in [0, 0.1) is 5.92 Å². The molecule has 2 aromatic carbocycles. The molecule has 7 nitrogen and oxygen atoms in total. The van der Waals surface area contributed by atoms with Crippen LogP contribution in [0.3, 0.4) is 0 Å². The van der Waals surface area contributed by atoms with E-state index < -0.39 is 12.1 Å². The van der Waals surface area contributed by atoms with Crippen molar-refractivity contribution < 1.29 is 13.2 Å². The van der Waals surface area contributed by atoms with Crippen molar-refractivity contribution in [3.63, 3.8) is 0 Å². The van der Waals surface area contributed by atoms with E-state index in [9.17, 15) is 13.2 Å². The molecule has 0 amide bonds.